The average Bonchev–Trinajstić information content (AvgIpc) is 2.47. The summed E-state index contributed by atoms with van der Waals surface area (Å²) in [5.41, 5.74) is 2.52. The average molecular weight is 293 g/mol. The molecule has 0 radical (unpaired) electrons. The van der Waals surface area contributed by atoms with Gasteiger partial charge < -0.3 is 15.4 Å². The summed E-state index contributed by atoms with van der Waals surface area (Å²) >= 11 is 0. The van der Waals surface area contributed by atoms with Crippen molar-refractivity contribution in [2.24, 2.45) is 0 Å². The summed E-state index contributed by atoms with van der Waals surface area (Å²) in [5.74, 6) is 0.132. The molecule has 0 saturated heterocycles. The summed E-state index contributed by atoms with van der Waals surface area (Å²) < 4.78 is 28.4. The zero-order valence-electron chi connectivity index (χ0n) is 11.6. The summed E-state index contributed by atoms with van der Waals surface area (Å²) in [6, 6.07) is 8.25. The predicted octanol–water partition coefficient (Wildman–Crippen LogP) is 4.25. The number of benzene rings is 1. The first-order chi connectivity index (χ1) is 10.2. The Balaban J connectivity index is 2.00. The molecule has 1 aromatic heterocycles. The van der Waals surface area contributed by atoms with Gasteiger partial charge in [-0.2, -0.15) is 8.78 Å². The van der Waals surface area contributed by atoms with E-state index >= 15 is 0 Å². The summed E-state index contributed by atoms with van der Waals surface area (Å²) in [7, 11) is 0. The van der Waals surface area contributed by atoms with Gasteiger partial charge in [0.2, 0.25) is 0 Å². The Morgan fingerprint density at radius 1 is 1.10 bits per heavy atom. The molecule has 1 heterocycles. The van der Waals surface area contributed by atoms with Crippen molar-refractivity contribution in [2.45, 2.75) is 20.0 Å². The molecule has 0 unspecified atom stereocenters. The third kappa shape index (κ3) is 4.91. The van der Waals surface area contributed by atoms with Crippen LogP contribution in [0.5, 0.6) is 5.75 Å². The molecule has 0 fully saturated rings. The fraction of sp³-hybridized carbons (Fsp3) is 0.267. The predicted molar refractivity (Wildman–Crippen MR) is 79.4 cm³/mol. The fourth-order valence-electron chi connectivity index (χ4n) is 1.76. The lowest BCUT2D eigenvalue weighted by atomic mass is 10.3. The number of pyridine rings is 1. The van der Waals surface area contributed by atoms with Crippen LogP contribution in [0.3, 0.4) is 0 Å². The van der Waals surface area contributed by atoms with Gasteiger partial charge in [-0.15, -0.1) is 0 Å². The Bertz CT molecular complexity index is 561. The molecule has 2 aromatic rings. The second-order valence-corrected chi connectivity index (χ2v) is 4.42. The standard InChI is InChI=1S/C15H17F2N3O/c1-2-7-19-12-8-13(10-18-9-12)20-11-3-5-14(6-4-11)21-15(16)17/h3-6,8-10,15,19-20H,2,7H2,1H3. The van der Waals surface area contributed by atoms with Crippen molar-refractivity contribution in [3.63, 3.8) is 0 Å². The van der Waals surface area contributed by atoms with E-state index in [0.29, 0.717) is 0 Å². The minimum atomic E-state index is -2.81. The number of halogens is 2. The molecule has 1 aromatic carbocycles. The van der Waals surface area contributed by atoms with E-state index in [-0.39, 0.29) is 5.75 Å². The zero-order valence-corrected chi connectivity index (χ0v) is 11.6. The molecule has 0 bridgehead atoms. The number of ether oxygens (including phenoxy) is 1. The van der Waals surface area contributed by atoms with E-state index in [9.17, 15) is 8.78 Å². The third-order valence-corrected chi connectivity index (χ3v) is 2.69. The first-order valence-electron chi connectivity index (χ1n) is 6.68. The van der Waals surface area contributed by atoms with Crippen molar-refractivity contribution >= 4 is 17.1 Å². The van der Waals surface area contributed by atoms with Crippen LogP contribution in [-0.2, 0) is 0 Å². The number of anilines is 3. The quantitative estimate of drug-likeness (QED) is 0.801. The lowest BCUT2D eigenvalue weighted by molar-refractivity contribution is -0.0498. The Labute approximate surface area is 122 Å². The molecule has 0 aliphatic heterocycles. The van der Waals surface area contributed by atoms with Crippen LogP contribution in [0.15, 0.2) is 42.7 Å². The van der Waals surface area contributed by atoms with Crippen LogP contribution >= 0.6 is 0 Å². The summed E-state index contributed by atoms with van der Waals surface area (Å²) in [5, 5.41) is 6.40. The molecular weight excluding hydrogens is 276 g/mol. The highest BCUT2D eigenvalue weighted by molar-refractivity contribution is 5.63. The van der Waals surface area contributed by atoms with Crippen molar-refractivity contribution < 1.29 is 13.5 Å². The van der Waals surface area contributed by atoms with Crippen LogP contribution in [0.2, 0.25) is 0 Å². The van der Waals surface area contributed by atoms with E-state index in [0.717, 1.165) is 30.0 Å². The van der Waals surface area contributed by atoms with Crippen molar-refractivity contribution in [3.05, 3.63) is 42.7 Å². The number of hydrogen-bond acceptors (Lipinski definition) is 4. The molecule has 4 nitrogen and oxygen atoms in total. The lowest BCUT2D eigenvalue weighted by Crippen LogP contribution is -2.02. The van der Waals surface area contributed by atoms with Crippen LogP contribution in [0.4, 0.5) is 25.8 Å². The molecule has 2 N–H and O–H groups in total. The fourth-order valence-corrected chi connectivity index (χ4v) is 1.76. The minimum absolute atomic E-state index is 0.132. The minimum Gasteiger partial charge on any atom is -0.435 e. The Morgan fingerprint density at radius 2 is 1.81 bits per heavy atom. The third-order valence-electron chi connectivity index (χ3n) is 2.69. The smallest absolute Gasteiger partial charge is 0.387 e. The van der Waals surface area contributed by atoms with Gasteiger partial charge in [0.05, 0.1) is 23.8 Å². The molecule has 0 spiro atoms. The van der Waals surface area contributed by atoms with Gasteiger partial charge in [0.25, 0.3) is 0 Å². The molecule has 112 valence electrons. The van der Waals surface area contributed by atoms with Crippen LogP contribution in [0.25, 0.3) is 0 Å². The van der Waals surface area contributed by atoms with Gasteiger partial charge in [0.1, 0.15) is 5.75 Å². The number of alkyl halides is 2. The van der Waals surface area contributed by atoms with E-state index in [1.54, 1.807) is 24.5 Å². The molecule has 0 atom stereocenters. The van der Waals surface area contributed by atoms with Crippen LogP contribution < -0.4 is 15.4 Å². The number of nitrogens with zero attached hydrogens (tertiary/aromatic N) is 1. The van der Waals surface area contributed by atoms with E-state index in [1.165, 1.54) is 12.1 Å². The van der Waals surface area contributed by atoms with Crippen LogP contribution in [0.1, 0.15) is 13.3 Å². The highest BCUT2D eigenvalue weighted by atomic mass is 19.3. The molecule has 21 heavy (non-hydrogen) atoms. The van der Waals surface area contributed by atoms with Gasteiger partial charge >= 0.3 is 6.61 Å². The maximum absolute atomic E-state index is 12.1. The van der Waals surface area contributed by atoms with Crippen LogP contribution in [0, 0.1) is 0 Å². The monoisotopic (exact) mass is 293 g/mol. The maximum atomic E-state index is 12.1. The normalized spacial score (nSPS) is 10.5. The highest BCUT2D eigenvalue weighted by Gasteiger charge is 2.04. The van der Waals surface area contributed by atoms with Crippen molar-refractivity contribution in [1.82, 2.24) is 4.98 Å². The van der Waals surface area contributed by atoms with Gasteiger partial charge in [-0.05, 0) is 36.8 Å². The molecule has 0 amide bonds. The molecule has 0 aliphatic rings. The van der Waals surface area contributed by atoms with Gasteiger partial charge in [-0.25, -0.2) is 0 Å². The zero-order chi connectivity index (χ0) is 15.1. The molecular formula is C15H17F2N3O. The van der Waals surface area contributed by atoms with Gasteiger partial charge in [0.15, 0.2) is 0 Å². The van der Waals surface area contributed by atoms with Gasteiger partial charge in [-0.1, -0.05) is 6.92 Å². The number of hydrogen-bond donors (Lipinski definition) is 2. The van der Waals surface area contributed by atoms with Crippen LogP contribution in [-0.4, -0.2) is 18.1 Å². The van der Waals surface area contributed by atoms with E-state index in [2.05, 4.69) is 27.3 Å². The Hall–Kier alpha value is -2.37. The molecule has 0 aliphatic carbocycles. The van der Waals surface area contributed by atoms with Crippen molar-refractivity contribution in [2.75, 3.05) is 17.2 Å². The molecule has 6 heteroatoms. The van der Waals surface area contributed by atoms with Gasteiger partial charge in [-0.3, -0.25) is 4.98 Å². The first kappa shape index (κ1) is 15.0. The second-order valence-electron chi connectivity index (χ2n) is 4.42. The topological polar surface area (TPSA) is 46.2 Å². The maximum Gasteiger partial charge on any atom is 0.387 e. The summed E-state index contributed by atoms with van der Waals surface area (Å²) in [6.07, 6.45) is 4.48. The molecule has 2 rings (SSSR count). The summed E-state index contributed by atoms with van der Waals surface area (Å²) in [4.78, 5) is 4.14. The number of aromatic nitrogens is 1. The van der Waals surface area contributed by atoms with E-state index in [1.807, 2.05) is 6.07 Å². The van der Waals surface area contributed by atoms with Crippen molar-refractivity contribution in [3.8, 4) is 5.75 Å². The molecule has 0 saturated carbocycles. The van der Waals surface area contributed by atoms with E-state index < -0.39 is 6.61 Å². The number of nitrogens with one attached hydrogen (secondary N) is 2. The Morgan fingerprint density at radius 3 is 2.48 bits per heavy atom. The first-order valence-corrected chi connectivity index (χ1v) is 6.68. The largest absolute Gasteiger partial charge is 0.435 e. The summed E-state index contributed by atoms with van der Waals surface area (Å²) in [6.45, 7) is 0.158. The Kier molecular flexibility index (Phi) is 5.31. The second kappa shape index (κ2) is 7.42. The highest BCUT2D eigenvalue weighted by Crippen LogP contribution is 2.22. The van der Waals surface area contributed by atoms with Crippen molar-refractivity contribution in [1.29, 1.82) is 0 Å². The van der Waals surface area contributed by atoms with Gasteiger partial charge in [0, 0.05) is 12.2 Å². The SMILES string of the molecule is CCCNc1cncc(Nc2ccc(OC(F)F)cc2)c1. The lowest BCUT2D eigenvalue weighted by Gasteiger charge is -2.10. The number of rotatable bonds is 7. The van der Waals surface area contributed by atoms with E-state index in [4.69, 9.17) is 0 Å².